The van der Waals surface area contributed by atoms with E-state index in [0.717, 1.165) is 31.7 Å². The second-order valence-electron chi connectivity index (χ2n) is 5.78. The van der Waals surface area contributed by atoms with Crippen LogP contribution in [0.2, 0.25) is 0 Å². The molecule has 3 rings (SSSR count). The molecule has 1 N–H and O–H groups in total. The number of carbonyl (C=O) groups is 1. The number of carbonyl (C=O) groups excluding carboxylic acids is 1. The Kier molecular flexibility index (Phi) is 3.27. The van der Waals surface area contributed by atoms with Crippen LogP contribution in [0.25, 0.3) is 0 Å². The molecule has 3 atom stereocenters. The number of fused-ring (bicyclic) bond motifs is 1. The lowest BCUT2D eigenvalue weighted by Gasteiger charge is -2.30. The molecule has 0 radical (unpaired) electrons. The highest BCUT2D eigenvalue weighted by atomic mass is 19.1. The van der Waals surface area contributed by atoms with Crippen molar-refractivity contribution in [3.05, 3.63) is 35.6 Å². The molecule has 19 heavy (non-hydrogen) atoms. The summed E-state index contributed by atoms with van der Waals surface area (Å²) in [6.07, 6.45) is 0. The molecule has 2 heterocycles. The van der Waals surface area contributed by atoms with Gasteiger partial charge in [-0.25, -0.2) is 4.39 Å². The van der Waals surface area contributed by atoms with Crippen LogP contribution in [0.5, 0.6) is 0 Å². The molecule has 102 valence electrons. The van der Waals surface area contributed by atoms with Gasteiger partial charge in [-0.05, 0) is 29.5 Å². The predicted octanol–water partition coefficient (Wildman–Crippen LogP) is 1.64. The highest BCUT2D eigenvalue weighted by molar-refractivity contribution is 5.79. The first-order chi connectivity index (χ1) is 9.13. The third-order valence-corrected chi connectivity index (χ3v) is 4.46. The Morgan fingerprint density at radius 1 is 1.42 bits per heavy atom. The topological polar surface area (TPSA) is 32.3 Å². The second kappa shape index (κ2) is 4.93. The van der Waals surface area contributed by atoms with Crippen molar-refractivity contribution >= 4 is 5.91 Å². The molecular formula is C15H19FN2O. The van der Waals surface area contributed by atoms with E-state index < -0.39 is 0 Å². The van der Waals surface area contributed by atoms with Gasteiger partial charge in [0.05, 0.1) is 0 Å². The summed E-state index contributed by atoms with van der Waals surface area (Å²) in [5.41, 5.74) is 1.01. The molecule has 2 fully saturated rings. The zero-order chi connectivity index (χ0) is 13.4. The van der Waals surface area contributed by atoms with Gasteiger partial charge in [-0.15, -0.1) is 0 Å². The number of piperidine rings is 1. The summed E-state index contributed by atoms with van der Waals surface area (Å²) in [6.45, 7) is 5.50. The SMILES string of the molecule is C[C@H]1C(=O)NC[C@H]2CN(Cc3cccc(F)c3)C[C@H]21. The molecule has 2 saturated heterocycles. The van der Waals surface area contributed by atoms with E-state index in [-0.39, 0.29) is 17.6 Å². The third-order valence-electron chi connectivity index (χ3n) is 4.46. The smallest absolute Gasteiger partial charge is 0.223 e. The molecule has 0 spiro atoms. The van der Waals surface area contributed by atoms with Crippen LogP contribution in [-0.2, 0) is 11.3 Å². The van der Waals surface area contributed by atoms with Crippen molar-refractivity contribution in [3.63, 3.8) is 0 Å². The van der Waals surface area contributed by atoms with Gasteiger partial charge in [-0.1, -0.05) is 19.1 Å². The van der Waals surface area contributed by atoms with Crippen LogP contribution in [0.4, 0.5) is 4.39 Å². The Bertz CT molecular complexity index is 491. The summed E-state index contributed by atoms with van der Waals surface area (Å²) >= 11 is 0. The van der Waals surface area contributed by atoms with E-state index in [1.165, 1.54) is 6.07 Å². The van der Waals surface area contributed by atoms with Crippen LogP contribution in [0.15, 0.2) is 24.3 Å². The van der Waals surface area contributed by atoms with Gasteiger partial charge in [-0.2, -0.15) is 0 Å². The van der Waals surface area contributed by atoms with Gasteiger partial charge in [0.2, 0.25) is 5.91 Å². The van der Waals surface area contributed by atoms with Crippen LogP contribution < -0.4 is 5.32 Å². The lowest BCUT2D eigenvalue weighted by Crippen LogP contribution is -2.46. The molecule has 0 bridgehead atoms. The first-order valence-electron chi connectivity index (χ1n) is 6.88. The predicted molar refractivity (Wildman–Crippen MR) is 70.8 cm³/mol. The van der Waals surface area contributed by atoms with Gasteiger partial charge in [0.1, 0.15) is 5.82 Å². The molecule has 1 aromatic carbocycles. The Hall–Kier alpha value is -1.42. The first kappa shape index (κ1) is 12.6. The van der Waals surface area contributed by atoms with Gasteiger partial charge in [-0.3, -0.25) is 9.69 Å². The van der Waals surface area contributed by atoms with Crippen LogP contribution in [0.1, 0.15) is 12.5 Å². The summed E-state index contributed by atoms with van der Waals surface area (Å²) < 4.78 is 13.2. The van der Waals surface area contributed by atoms with E-state index in [4.69, 9.17) is 0 Å². The van der Waals surface area contributed by atoms with Crippen LogP contribution >= 0.6 is 0 Å². The Labute approximate surface area is 112 Å². The van der Waals surface area contributed by atoms with Crippen LogP contribution in [0.3, 0.4) is 0 Å². The summed E-state index contributed by atoms with van der Waals surface area (Å²) in [6, 6.07) is 6.77. The van der Waals surface area contributed by atoms with E-state index in [1.807, 2.05) is 13.0 Å². The molecular weight excluding hydrogens is 243 g/mol. The lowest BCUT2D eigenvalue weighted by atomic mass is 9.81. The number of rotatable bonds is 2. The highest BCUT2D eigenvalue weighted by Gasteiger charge is 2.41. The summed E-state index contributed by atoms with van der Waals surface area (Å²) in [5, 5.41) is 2.97. The van der Waals surface area contributed by atoms with Crippen molar-refractivity contribution in [2.24, 2.45) is 17.8 Å². The quantitative estimate of drug-likeness (QED) is 0.879. The van der Waals surface area contributed by atoms with E-state index in [9.17, 15) is 9.18 Å². The number of benzene rings is 1. The van der Waals surface area contributed by atoms with Crippen molar-refractivity contribution in [2.45, 2.75) is 13.5 Å². The molecule has 0 unspecified atom stereocenters. The number of hydrogen-bond donors (Lipinski definition) is 1. The van der Waals surface area contributed by atoms with Crippen molar-refractivity contribution < 1.29 is 9.18 Å². The molecule has 1 amide bonds. The monoisotopic (exact) mass is 262 g/mol. The molecule has 3 nitrogen and oxygen atoms in total. The second-order valence-corrected chi connectivity index (χ2v) is 5.78. The maximum atomic E-state index is 13.2. The largest absolute Gasteiger partial charge is 0.356 e. The van der Waals surface area contributed by atoms with Crippen molar-refractivity contribution in [3.8, 4) is 0 Å². The van der Waals surface area contributed by atoms with Crippen molar-refractivity contribution in [2.75, 3.05) is 19.6 Å². The van der Waals surface area contributed by atoms with Crippen molar-refractivity contribution in [1.82, 2.24) is 10.2 Å². The summed E-state index contributed by atoms with van der Waals surface area (Å²) in [5.74, 6) is 1.08. The Morgan fingerprint density at radius 3 is 3.05 bits per heavy atom. The average molecular weight is 262 g/mol. The van der Waals surface area contributed by atoms with E-state index in [1.54, 1.807) is 12.1 Å². The molecule has 0 aromatic heterocycles. The lowest BCUT2D eigenvalue weighted by molar-refractivity contribution is -0.128. The molecule has 2 aliphatic heterocycles. The van der Waals surface area contributed by atoms with Gasteiger partial charge in [0.25, 0.3) is 0 Å². The maximum Gasteiger partial charge on any atom is 0.223 e. The zero-order valence-corrected chi connectivity index (χ0v) is 11.1. The fraction of sp³-hybridized carbons (Fsp3) is 0.533. The molecule has 1 aromatic rings. The molecule has 0 saturated carbocycles. The van der Waals surface area contributed by atoms with Gasteiger partial charge < -0.3 is 5.32 Å². The summed E-state index contributed by atoms with van der Waals surface area (Å²) in [7, 11) is 0. The number of nitrogens with zero attached hydrogens (tertiary/aromatic N) is 1. The Balaban J connectivity index is 1.67. The minimum Gasteiger partial charge on any atom is -0.356 e. The fourth-order valence-corrected chi connectivity index (χ4v) is 3.38. The number of hydrogen-bond acceptors (Lipinski definition) is 2. The van der Waals surface area contributed by atoms with E-state index in [0.29, 0.717) is 11.8 Å². The fourth-order valence-electron chi connectivity index (χ4n) is 3.38. The minimum absolute atomic E-state index is 0.0938. The number of amides is 1. The highest BCUT2D eigenvalue weighted by Crippen LogP contribution is 2.33. The normalized spacial score (nSPS) is 31.1. The number of nitrogens with one attached hydrogen (secondary N) is 1. The average Bonchev–Trinajstić information content (AvgIpc) is 2.77. The standard InChI is InChI=1S/C15H19FN2O/c1-10-14-9-18(8-12(14)6-17-15(10)19)7-11-3-2-4-13(16)5-11/h2-5,10,12,14H,6-9H2,1H3,(H,17,19)/t10-,12+,14+/m1/s1. The van der Waals surface area contributed by atoms with Crippen LogP contribution in [0, 0.1) is 23.6 Å². The molecule has 2 aliphatic rings. The number of halogens is 1. The summed E-state index contributed by atoms with van der Waals surface area (Å²) in [4.78, 5) is 14.0. The maximum absolute atomic E-state index is 13.2. The Morgan fingerprint density at radius 2 is 2.26 bits per heavy atom. The van der Waals surface area contributed by atoms with E-state index >= 15 is 0 Å². The van der Waals surface area contributed by atoms with Gasteiger partial charge in [0.15, 0.2) is 0 Å². The molecule has 0 aliphatic carbocycles. The van der Waals surface area contributed by atoms with Gasteiger partial charge in [0, 0.05) is 32.1 Å². The van der Waals surface area contributed by atoms with E-state index in [2.05, 4.69) is 10.2 Å². The first-order valence-corrected chi connectivity index (χ1v) is 6.88. The van der Waals surface area contributed by atoms with Crippen LogP contribution in [-0.4, -0.2) is 30.4 Å². The number of likely N-dealkylation sites (tertiary alicyclic amines) is 1. The van der Waals surface area contributed by atoms with Crippen molar-refractivity contribution in [1.29, 1.82) is 0 Å². The van der Waals surface area contributed by atoms with Gasteiger partial charge >= 0.3 is 0 Å². The third kappa shape index (κ3) is 2.50. The molecule has 4 heteroatoms. The zero-order valence-electron chi connectivity index (χ0n) is 11.1. The minimum atomic E-state index is -0.181.